The van der Waals surface area contributed by atoms with Crippen LogP contribution in [0.5, 0.6) is 0 Å². The molecule has 16 heavy (non-hydrogen) atoms. The van der Waals surface area contributed by atoms with Gasteiger partial charge in [0.15, 0.2) is 0 Å². The molecule has 0 fully saturated rings. The topological polar surface area (TPSA) is 78.4 Å². The maximum Gasteiger partial charge on any atom is 0.322 e. The molecule has 1 aromatic rings. The van der Waals surface area contributed by atoms with Crippen LogP contribution in [0.3, 0.4) is 0 Å². The number of hydrogen-bond acceptors (Lipinski definition) is 5. The minimum Gasteiger partial charge on any atom is -0.480 e. The quantitative estimate of drug-likeness (QED) is 0.747. The molecule has 86 valence electrons. The molecule has 1 aliphatic heterocycles. The molecule has 0 unspecified atom stereocenters. The third kappa shape index (κ3) is 2.27. The van der Waals surface area contributed by atoms with E-state index in [2.05, 4.69) is 20.2 Å². The molecule has 0 saturated heterocycles. The summed E-state index contributed by atoms with van der Waals surface area (Å²) < 4.78 is 0. The van der Waals surface area contributed by atoms with Gasteiger partial charge in [0.1, 0.15) is 18.7 Å². The summed E-state index contributed by atoms with van der Waals surface area (Å²) in [6.07, 6.45) is 2.37. The van der Waals surface area contributed by atoms with Crippen molar-refractivity contribution in [3.8, 4) is 0 Å². The zero-order valence-electron chi connectivity index (χ0n) is 9.10. The van der Waals surface area contributed by atoms with Crippen molar-refractivity contribution in [2.24, 2.45) is 0 Å². The molecule has 0 amide bonds. The Balaban J connectivity index is 2.21. The standard InChI is InChI=1S/C10H14N4O2/c1-14-3-2-8-7(5-14)10(13-6-12-8)11-4-9(15)16/h6H,2-5H2,1H3,(H,15,16)(H,11,12,13). The Morgan fingerprint density at radius 2 is 2.44 bits per heavy atom. The number of rotatable bonds is 3. The van der Waals surface area contributed by atoms with Gasteiger partial charge in [0.25, 0.3) is 0 Å². The maximum atomic E-state index is 10.5. The molecule has 0 radical (unpaired) electrons. The fraction of sp³-hybridized carbons (Fsp3) is 0.500. The van der Waals surface area contributed by atoms with E-state index in [0.717, 1.165) is 30.8 Å². The first-order chi connectivity index (χ1) is 7.66. The van der Waals surface area contributed by atoms with E-state index in [1.165, 1.54) is 6.33 Å². The van der Waals surface area contributed by atoms with Gasteiger partial charge in [0.2, 0.25) is 0 Å². The number of carboxylic acid groups (broad SMARTS) is 1. The van der Waals surface area contributed by atoms with Crippen LogP contribution >= 0.6 is 0 Å². The van der Waals surface area contributed by atoms with E-state index >= 15 is 0 Å². The van der Waals surface area contributed by atoms with E-state index < -0.39 is 5.97 Å². The summed E-state index contributed by atoms with van der Waals surface area (Å²) in [5.41, 5.74) is 2.03. The average Bonchev–Trinajstić information content (AvgIpc) is 2.26. The molecule has 2 N–H and O–H groups in total. The number of aromatic nitrogens is 2. The molecule has 0 atom stereocenters. The van der Waals surface area contributed by atoms with E-state index in [1.807, 2.05) is 7.05 Å². The minimum atomic E-state index is -0.892. The van der Waals surface area contributed by atoms with Gasteiger partial charge in [0.05, 0.1) is 5.69 Å². The fourth-order valence-corrected chi connectivity index (χ4v) is 1.79. The normalized spacial score (nSPS) is 15.6. The number of fused-ring (bicyclic) bond motifs is 1. The number of anilines is 1. The highest BCUT2D eigenvalue weighted by molar-refractivity contribution is 5.72. The molecule has 1 aromatic heterocycles. The van der Waals surface area contributed by atoms with Crippen LogP contribution in [-0.4, -0.2) is 46.1 Å². The van der Waals surface area contributed by atoms with Crippen molar-refractivity contribution in [2.75, 3.05) is 25.5 Å². The predicted molar refractivity (Wildman–Crippen MR) is 58.2 cm³/mol. The van der Waals surface area contributed by atoms with Crippen molar-refractivity contribution in [3.05, 3.63) is 17.6 Å². The Kier molecular flexibility index (Phi) is 3.00. The monoisotopic (exact) mass is 222 g/mol. The Bertz CT molecular complexity index is 408. The van der Waals surface area contributed by atoms with Gasteiger partial charge in [-0.2, -0.15) is 0 Å². The van der Waals surface area contributed by atoms with Gasteiger partial charge in [-0.1, -0.05) is 0 Å². The number of likely N-dealkylation sites (N-methyl/N-ethyl adjacent to an activating group) is 1. The highest BCUT2D eigenvalue weighted by Crippen LogP contribution is 2.21. The maximum absolute atomic E-state index is 10.5. The molecule has 0 bridgehead atoms. The second-order valence-corrected chi connectivity index (χ2v) is 3.88. The number of nitrogens with one attached hydrogen (secondary N) is 1. The molecule has 0 aromatic carbocycles. The molecule has 1 aliphatic rings. The molecule has 2 heterocycles. The Labute approximate surface area is 93.3 Å². The summed E-state index contributed by atoms with van der Waals surface area (Å²) >= 11 is 0. The second kappa shape index (κ2) is 4.44. The van der Waals surface area contributed by atoms with Crippen LogP contribution < -0.4 is 5.32 Å². The third-order valence-corrected chi connectivity index (χ3v) is 2.60. The van der Waals surface area contributed by atoms with Crippen molar-refractivity contribution in [1.82, 2.24) is 14.9 Å². The molecular weight excluding hydrogens is 208 g/mol. The van der Waals surface area contributed by atoms with Crippen molar-refractivity contribution < 1.29 is 9.90 Å². The molecule has 0 saturated carbocycles. The second-order valence-electron chi connectivity index (χ2n) is 3.88. The number of aliphatic carboxylic acids is 1. The summed E-state index contributed by atoms with van der Waals surface area (Å²) in [4.78, 5) is 21.0. The molecule has 0 aliphatic carbocycles. The molecule has 6 nitrogen and oxygen atoms in total. The summed E-state index contributed by atoms with van der Waals surface area (Å²) in [5.74, 6) is -0.254. The van der Waals surface area contributed by atoms with Gasteiger partial charge < -0.3 is 15.3 Å². The van der Waals surface area contributed by atoms with Gasteiger partial charge in [-0.3, -0.25) is 4.79 Å². The first-order valence-electron chi connectivity index (χ1n) is 5.14. The van der Waals surface area contributed by atoms with Crippen molar-refractivity contribution in [1.29, 1.82) is 0 Å². The zero-order chi connectivity index (χ0) is 11.5. The lowest BCUT2D eigenvalue weighted by Crippen LogP contribution is -2.29. The van der Waals surface area contributed by atoms with Crippen LogP contribution in [0.15, 0.2) is 6.33 Å². The number of nitrogens with zero attached hydrogens (tertiary/aromatic N) is 3. The number of carbonyl (C=O) groups is 1. The largest absolute Gasteiger partial charge is 0.480 e. The smallest absolute Gasteiger partial charge is 0.322 e. The van der Waals surface area contributed by atoms with Gasteiger partial charge in [-0.15, -0.1) is 0 Å². The summed E-state index contributed by atoms with van der Waals surface area (Å²) in [5, 5.41) is 11.4. The summed E-state index contributed by atoms with van der Waals surface area (Å²) in [7, 11) is 2.02. The fourth-order valence-electron chi connectivity index (χ4n) is 1.79. The highest BCUT2D eigenvalue weighted by atomic mass is 16.4. The van der Waals surface area contributed by atoms with Crippen LogP contribution in [0, 0.1) is 0 Å². The van der Waals surface area contributed by atoms with E-state index in [-0.39, 0.29) is 6.54 Å². The average molecular weight is 222 g/mol. The lowest BCUT2D eigenvalue weighted by Gasteiger charge is -2.25. The van der Waals surface area contributed by atoms with Crippen LogP contribution in [0.2, 0.25) is 0 Å². The van der Waals surface area contributed by atoms with Gasteiger partial charge in [0, 0.05) is 25.1 Å². The van der Waals surface area contributed by atoms with Gasteiger partial charge in [-0.25, -0.2) is 9.97 Å². The Morgan fingerprint density at radius 1 is 1.62 bits per heavy atom. The van der Waals surface area contributed by atoms with Gasteiger partial charge >= 0.3 is 5.97 Å². The van der Waals surface area contributed by atoms with Crippen LogP contribution in [-0.2, 0) is 17.8 Å². The van der Waals surface area contributed by atoms with Crippen molar-refractivity contribution >= 4 is 11.8 Å². The number of carboxylic acids is 1. The molecule has 2 rings (SSSR count). The summed E-state index contributed by atoms with van der Waals surface area (Å²) in [6.45, 7) is 1.62. The lowest BCUT2D eigenvalue weighted by atomic mass is 10.1. The van der Waals surface area contributed by atoms with Crippen molar-refractivity contribution in [2.45, 2.75) is 13.0 Å². The van der Waals surface area contributed by atoms with E-state index in [9.17, 15) is 4.79 Å². The third-order valence-electron chi connectivity index (χ3n) is 2.60. The summed E-state index contributed by atoms with van der Waals surface area (Å²) in [6, 6.07) is 0. The minimum absolute atomic E-state index is 0.118. The van der Waals surface area contributed by atoms with Crippen LogP contribution in [0.25, 0.3) is 0 Å². The highest BCUT2D eigenvalue weighted by Gasteiger charge is 2.18. The van der Waals surface area contributed by atoms with E-state index in [0.29, 0.717) is 5.82 Å². The van der Waals surface area contributed by atoms with E-state index in [1.54, 1.807) is 0 Å². The van der Waals surface area contributed by atoms with Crippen LogP contribution in [0.1, 0.15) is 11.3 Å². The van der Waals surface area contributed by atoms with E-state index in [4.69, 9.17) is 5.11 Å². The Morgan fingerprint density at radius 3 is 3.19 bits per heavy atom. The van der Waals surface area contributed by atoms with Gasteiger partial charge in [-0.05, 0) is 7.05 Å². The molecular formula is C10H14N4O2. The first kappa shape index (κ1) is 10.8. The van der Waals surface area contributed by atoms with Crippen LogP contribution in [0.4, 0.5) is 5.82 Å². The number of hydrogen-bond donors (Lipinski definition) is 2. The molecule has 0 spiro atoms. The lowest BCUT2D eigenvalue weighted by molar-refractivity contribution is -0.134. The van der Waals surface area contributed by atoms with Crippen molar-refractivity contribution in [3.63, 3.8) is 0 Å². The Hall–Kier alpha value is -1.69. The molecule has 6 heteroatoms. The first-order valence-corrected chi connectivity index (χ1v) is 5.14. The zero-order valence-corrected chi connectivity index (χ0v) is 9.10. The predicted octanol–water partition coefficient (Wildman–Crippen LogP) is -0.0390. The SMILES string of the molecule is CN1CCc2ncnc(NCC(=O)O)c2C1.